The predicted octanol–water partition coefficient (Wildman–Crippen LogP) is 4.51. The molecule has 1 aliphatic rings. The van der Waals surface area contributed by atoms with Crippen LogP contribution < -0.4 is 0 Å². The van der Waals surface area contributed by atoms with Crippen molar-refractivity contribution in [2.24, 2.45) is 0 Å². The van der Waals surface area contributed by atoms with Gasteiger partial charge in [0.2, 0.25) is 0 Å². The minimum absolute atomic E-state index is 0.0797. The summed E-state index contributed by atoms with van der Waals surface area (Å²) in [4.78, 5) is 37.2. The molecule has 7 heteroatoms. The molecule has 0 saturated heterocycles. The van der Waals surface area contributed by atoms with E-state index in [1.807, 2.05) is 48.5 Å². The topological polar surface area (TPSA) is 78.9 Å². The molecule has 0 unspecified atom stereocenters. The third kappa shape index (κ3) is 4.14. The molecule has 0 fully saturated rings. The Balaban J connectivity index is 2.24. The van der Waals surface area contributed by atoms with Crippen LogP contribution in [0.25, 0.3) is 11.1 Å². The monoisotopic (exact) mass is 432 g/mol. The molecule has 29 heavy (non-hydrogen) atoms. The minimum atomic E-state index is -4.85. The normalized spacial score (nSPS) is 12.7. The van der Waals surface area contributed by atoms with Crippen LogP contribution >= 0.6 is 0 Å². The van der Waals surface area contributed by atoms with Crippen molar-refractivity contribution in [3.05, 3.63) is 59.7 Å². The Morgan fingerprint density at radius 1 is 0.690 bits per heavy atom. The average molecular weight is 432 g/mol. The third-order valence-electron chi connectivity index (χ3n) is 4.82. The van der Waals surface area contributed by atoms with E-state index in [0.29, 0.717) is 0 Å². The van der Waals surface area contributed by atoms with Crippen molar-refractivity contribution >= 4 is 17.9 Å². The van der Waals surface area contributed by atoms with Gasteiger partial charge in [0.05, 0.1) is 0 Å². The number of carbonyl (C=O) groups is 3. The first-order valence-electron chi connectivity index (χ1n) is 9.79. The number of benzene rings is 2. The Morgan fingerprint density at radius 3 is 1.38 bits per heavy atom. The van der Waals surface area contributed by atoms with Crippen LogP contribution in [0.4, 0.5) is 0 Å². The summed E-state index contributed by atoms with van der Waals surface area (Å²) in [5.41, 5.74) is 3.59. The zero-order chi connectivity index (χ0) is 21.0. The average Bonchev–Trinajstić information content (AvgIpc) is 3.08. The van der Waals surface area contributed by atoms with Gasteiger partial charge in [-0.05, 0) is 0 Å². The Bertz CT molecular complexity index is 847. The summed E-state index contributed by atoms with van der Waals surface area (Å²) in [5, 5.41) is 0. The number of hydrogen-bond donors (Lipinski definition) is 0. The van der Waals surface area contributed by atoms with Gasteiger partial charge in [-0.2, -0.15) is 0 Å². The van der Waals surface area contributed by atoms with E-state index in [1.54, 1.807) is 20.8 Å². The molecule has 0 N–H and O–H groups in total. The van der Waals surface area contributed by atoms with Gasteiger partial charge in [0, 0.05) is 0 Å². The second kappa shape index (κ2) is 8.93. The molecule has 0 amide bonds. The van der Waals surface area contributed by atoms with E-state index < -0.39 is 39.9 Å². The summed E-state index contributed by atoms with van der Waals surface area (Å²) in [5.74, 6) is -1.67. The SMILES string of the molecule is CCC(=O)[O][Ti]([O]C(=O)CC)([O]C(=O)CC)[CH]1c2ccccc2-c2ccccc21. The predicted molar refractivity (Wildman–Crippen MR) is 103 cm³/mol. The molecule has 152 valence electrons. The number of rotatable bonds is 7. The van der Waals surface area contributed by atoms with Crippen molar-refractivity contribution in [1.82, 2.24) is 0 Å². The second-order valence-electron chi connectivity index (χ2n) is 6.69. The van der Waals surface area contributed by atoms with Crippen LogP contribution in [0.5, 0.6) is 0 Å². The van der Waals surface area contributed by atoms with Crippen LogP contribution in [0.1, 0.15) is 55.4 Å². The van der Waals surface area contributed by atoms with Crippen LogP contribution in [0.2, 0.25) is 0 Å². The van der Waals surface area contributed by atoms with E-state index >= 15 is 0 Å². The van der Waals surface area contributed by atoms with Gasteiger partial charge < -0.3 is 0 Å². The van der Waals surface area contributed by atoms with Gasteiger partial charge in [0.15, 0.2) is 0 Å². The molecule has 6 nitrogen and oxygen atoms in total. The van der Waals surface area contributed by atoms with Gasteiger partial charge in [-0.3, -0.25) is 0 Å². The van der Waals surface area contributed by atoms with Crippen LogP contribution in [0, 0.1) is 0 Å². The van der Waals surface area contributed by atoms with Crippen molar-refractivity contribution in [3.8, 4) is 11.1 Å². The van der Waals surface area contributed by atoms with Gasteiger partial charge in [0.1, 0.15) is 0 Å². The molecular weight excluding hydrogens is 408 g/mol. The molecule has 0 spiro atoms. The fourth-order valence-electron chi connectivity index (χ4n) is 3.47. The molecule has 0 bridgehead atoms. The molecule has 0 aliphatic heterocycles. The standard InChI is InChI=1S/C13H9.3C3H6O2.Ti/c1-3-7-12-10(5-1)9-11-6-2-4-8-13(11)12;3*1-2-3(4)5;/h1-9H;3*2H2,1H3,(H,4,5);/q;;;;+3/p-3. The Hall–Kier alpha value is -2.44. The zero-order valence-electron chi connectivity index (χ0n) is 16.8. The maximum atomic E-state index is 12.4. The summed E-state index contributed by atoms with van der Waals surface area (Å²) in [7, 11) is 0. The summed E-state index contributed by atoms with van der Waals surface area (Å²) in [6.07, 6.45) is 0.239. The first-order chi connectivity index (χ1) is 14.0. The molecule has 0 aromatic heterocycles. The van der Waals surface area contributed by atoms with Crippen LogP contribution in [0.3, 0.4) is 0 Å². The fraction of sp³-hybridized carbons (Fsp3) is 0.318. The molecule has 2 aromatic carbocycles. The fourth-order valence-corrected chi connectivity index (χ4v) is 8.35. The van der Waals surface area contributed by atoms with Crippen molar-refractivity contribution in [3.63, 3.8) is 0 Å². The van der Waals surface area contributed by atoms with Crippen molar-refractivity contribution in [2.75, 3.05) is 0 Å². The Morgan fingerprint density at radius 2 is 1.03 bits per heavy atom. The zero-order valence-corrected chi connectivity index (χ0v) is 18.3. The molecule has 0 atom stereocenters. The Kier molecular flexibility index (Phi) is 6.55. The van der Waals surface area contributed by atoms with E-state index in [-0.39, 0.29) is 19.3 Å². The van der Waals surface area contributed by atoms with E-state index in [2.05, 4.69) is 0 Å². The van der Waals surface area contributed by atoms with Crippen molar-refractivity contribution < 1.29 is 42.1 Å². The Labute approximate surface area is 174 Å². The molecule has 1 aliphatic carbocycles. The molecule has 0 saturated carbocycles. The second-order valence-corrected chi connectivity index (χ2v) is 10.4. The number of fused-ring (bicyclic) bond motifs is 3. The van der Waals surface area contributed by atoms with E-state index in [9.17, 15) is 14.4 Å². The summed E-state index contributed by atoms with van der Waals surface area (Å²) in [6.45, 7) is 4.94. The quantitative estimate of drug-likeness (QED) is 0.599. The van der Waals surface area contributed by atoms with E-state index in [0.717, 1.165) is 22.3 Å². The molecule has 0 heterocycles. The van der Waals surface area contributed by atoms with Crippen LogP contribution in [-0.2, 0) is 42.1 Å². The van der Waals surface area contributed by atoms with Crippen molar-refractivity contribution in [1.29, 1.82) is 0 Å². The van der Waals surface area contributed by atoms with Gasteiger partial charge in [-0.1, -0.05) is 0 Å². The maximum absolute atomic E-state index is 12.4. The summed E-state index contributed by atoms with van der Waals surface area (Å²) in [6, 6.07) is 15.3. The van der Waals surface area contributed by atoms with Gasteiger partial charge in [0.25, 0.3) is 0 Å². The first-order valence-corrected chi connectivity index (χ1v) is 12.6. The van der Waals surface area contributed by atoms with Crippen LogP contribution in [-0.4, -0.2) is 17.9 Å². The molecule has 3 rings (SSSR count). The molecule has 2 aromatic rings. The third-order valence-corrected chi connectivity index (χ3v) is 9.30. The molecular formula is C22H24O6Ti. The number of carbonyl (C=O) groups excluding carboxylic acids is 3. The van der Waals surface area contributed by atoms with Gasteiger partial charge in [-0.25, -0.2) is 0 Å². The summed E-state index contributed by atoms with van der Waals surface area (Å²) >= 11 is -4.85. The van der Waals surface area contributed by atoms with E-state index in [1.165, 1.54) is 0 Å². The van der Waals surface area contributed by atoms with E-state index in [4.69, 9.17) is 9.96 Å². The molecule has 0 radical (unpaired) electrons. The number of hydrogen-bond acceptors (Lipinski definition) is 6. The summed E-state index contributed by atoms with van der Waals surface area (Å²) < 4.78 is 16.8. The van der Waals surface area contributed by atoms with Crippen molar-refractivity contribution in [2.45, 2.75) is 44.3 Å². The van der Waals surface area contributed by atoms with Gasteiger partial charge in [-0.15, -0.1) is 0 Å². The van der Waals surface area contributed by atoms with Crippen LogP contribution in [0.15, 0.2) is 48.5 Å². The first kappa shape index (κ1) is 21.3. The van der Waals surface area contributed by atoms with Gasteiger partial charge >= 0.3 is 175 Å².